The van der Waals surface area contributed by atoms with Crippen LogP contribution in [-0.2, 0) is 6.42 Å². The molecule has 1 aliphatic rings. The van der Waals surface area contributed by atoms with Crippen molar-refractivity contribution in [2.24, 2.45) is 5.41 Å². The van der Waals surface area contributed by atoms with E-state index in [4.69, 9.17) is 0 Å². The number of rotatable bonds is 1. The van der Waals surface area contributed by atoms with Gasteiger partial charge in [-0.15, -0.1) is 0 Å². The summed E-state index contributed by atoms with van der Waals surface area (Å²) in [5.74, 6) is -0.113. The Morgan fingerprint density at radius 2 is 1.89 bits per heavy atom. The van der Waals surface area contributed by atoms with Gasteiger partial charge in [0.05, 0.1) is 5.69 Å². The van der Waals surface area contributed by atoms with Crippen LogP contribution in [0.2, 0.25) is 0 Å². The van der Waals surface area contributed by atoms with Gasteiger partial charge in [-0.1, -0.05) is 26.0 Å². The van der Waals surface area contributed by atoms with Crippen LogP contribution < -0.4 is 0 Å². The van der Waals surface area contributed by atoms with E-state index in [9.17, 15) is 9.18 Å². The first kappa shape index (κ1) is 12.2. The highest BCUT2D eigenvalue weighted by Crippen LogP contribution is 2.36. The molecule has 3 rings (SSSR count). The van der Waals surface area contributed by atoms with E-state index in [-0.39, 0.29) is 17.0 Å². The van der Waals surface area contributed by atoms with Crippen LogP contribution in [0.25, 0.3) is 5.69 Å². The van der Waals surface area contributed by atoms with Gasteiger partial charge in [0.25, 0.3) is 0 Å². The van der Waals surface area contributed by atoms with Gasteiger partial charge in [-0.25, -0.2) is 4.39 Å². The van der Waals surface area contributed by atoms with E-state index >= 15 is 0 Å². The first-order chi connectivity index (χ1) is 8.98. The van der Waals surface area contributed by atoms with Crippen molar-refractivity contribution in [3.63, 3.8) is 0 Å². The fourth-order valence-electron chi connectivity index (χ4n) is 2.82. The number of Topliss-reactive ketones (excluding diaryl/α,β-unsaturated/α-hetero) is 1. The van der Waals surface area contributed by atoms with Crippen molar-refractivity contribution in [2.45, 2.75) is 26.7 Å². The minimum absolute atomic E-state index is 0.0640. The summed E-state index contributed by atoms with van der Waals surface area (Å²) in [4.78, 5) is 12.1. The summed E-state index contributed by atoms with van der Waals surface area (Å²) in [5.41, 5.74) is 2.11. The number of halogens is 1. The molecule has 0 amide bonds. The number of hydrogen-bond acceptors (Lipinski definition) is 1. The number of aromatic nitrogens is 1. The summed E-state index contributed by atoms with van der Waals surface area (Å²) in [5, 5.41) is 0. The third kappa shape index (κ3) is 1.99. The smallest absolute Gasteiger partial charge is 0.165 e. The Morgan fingerprint density at radius 1 is 1.16 bits per heavy atom. The van der Waals surface area contributed by atoms with Gasteiger partial charge in [-0.3, -0.25) is 4.79 Å². The first-order valence-electron chi connectivity index (χ1n) is 6.46. The molecule has 0 atom stereocenters. The Labute approximate surface area is 111 Å². The maximum absolute atomic E-state index is 13.9. The summed E-state index contributed by atoms with van der Waals surface area (Å²) in [6.07, 6.45) is 3.14. The molecule has 98 valence electrons. The topological polar surface area (TPSA) is 22.0 Å². The Hall–Kier alpha value is -1.90. The van der Waals surface area contributed by atoms with Gasteiger partial charge in [0.15, 0.2) is 5.78 Å². The minimum Gasteiger partial charge on any atom is -0.317 e. The number of fused-ring (bicyclic) bond motifs is 1. The van der Waals surface area contributed by atoms with Gasteiger partial charge in [-0.05, 0) is 30.0 Å². The second kappa shape index (κ2) is 4.05. The Bertz CT molecular complexity index is 655. The number of carbonyl (C=O) groups is 1. The van der Waals surface area contributed by atoms with Gasteiger partial charge in [0, 0.05) is 23.9 Å². The summed E-state index contributed by atoms with van der Waals surface area (Å²) in [7, 11) is 0. The predicted octanol–water partition coefficient (Wildman–Crippen LogP) is 3.77. The van der Waals surface area contributed by atoms with Crippen molar-refractivity contribution in [1.82, 2.24) is 4.57 Å². The molecule has 1 aromatic carbocycles. The molecule has 2 nitrogen and oxygen atoms in total. The SMILES string of the molecule is CC1(C)CC(=O)c2ccn(-c3ccccc3F)c2C1. The molecule has 0 radical (unpaired) electrons. The quantitative estimate of drug-likeness (QED) is 0.762. The number of nitrogens with zero attached hydrogens (tertiary/aromatic N) is 1. The summed E-state index contributed by atoms with van der Waals surface area (Å²) in [6.45, 7) is 4.15. The highest BCUT2D eigenvalue weighted by atomic mass is 19.1. The van der Waals surface area contributed by atoms with E-state index in [2.05, 4.69) is 13.8 Å². The van der Waals surface area contributed by atoms with Crippen LogP contribution in [-0.4, -0.2) is 10.4 Å². The molecule has 0 aliphatic heterocycles. The van der Waals surface area contributed by atoms with E-state index in [1.165, 1.54) is 6.07 Å². The molecule has 19 heavy (non-hydrogen) atoms. The average molecular weight is 257 g/mol. The number of carbonyl (C=O) groups excluding carboxylic acids is 1. The molecule has 0 unspecified atom stereocenters. The fourth-order valence-corrected chi connectivity index (χ4v) is 2.82. The molecular formula is C16H16FNO. The van der Waals surface area contributed by atoms with Crippen LogP contribution in [0.3, 0.4) is 0 Å². The Morgan fingerprint density at radius 3 is 2.63 bits per heavy atom. The van der Waals surface area contributed by atoms with Gasteiger partial charge < -0.3 is 4.57 Å². The van der Waals surface area contributed by atoms with Crippen molar-refractivity contribution in [2.75, 3.05) is 0 Å². The highest BCUT2D eigenvalue weighted by Gasteiger charge is 2.33. The van der Waals surface area contributed by atoms with Crippen LogP contribution in [0.5, 0.6) is 0 Å². The molecule has 0 bridgehead atoms. The van der Waals surface area contributed by atoms with Crippen molar-refractivity contribution in [3.8, 4) is 5.69 Å². The third-order valence-corrected chi connectivity index (χ3v) is 3.69. The van der Waals surface area contributed by atoms with E-state index in [0.29, 0.717) is 12.1 Å². The molecule has 0 spiro atoms. The van der Waals surface area contributed by atoms with Crippen LogP contribution >= 0.6 is 0 Å². The molecule has 0 N–H and O–H groups in total. The molecule has 0 saturated carbocycles. The van der Waals surface area contributed by atoms with Crippen molar-refractivity contribution in [3.05, 3.63) is 53.6 Å². The second-order valence-corrected chi connectivity index (χ2v) is 5.94. The van der Waals surface area contributed by atoms with Gasteiger partial charge >= 0.3 is 0 Å². The summed E-state index contributed by atoms with van der Waals surface area (Å²) in [6, 6.07) is 8.46. The zero-order chi connectivity index (χ0) is 13.6. The van der Waals surface area contributed by atoms with E-state index in [1.54, 1.807) is 30.5 Å². The lowest BCUT2D eigenvalue weighted by Crippen LogP contribution is -2.27. The van der Waals surface area contributed by atoms with E-state index < -0.39 is 0 Å². The van der Waals surface area contributed by atoms with Crippen molar-refractivity contribution >= 4 is 5.78 Å². The molecule has 2 aromatic rings. The van der Waals surface area contributed by atoms with Gasteiger partial charge in [-0.2, -0.15) is 0 Å². The molecule has 3 heteroatoms. The number of ketones is 1. The maximum atomic E-state index is 13.9. The number of benzene rings is 1. The van der Waals surface area contributed by atoms with E-state index in [1.807, 2.05) is 4.57 Å². The lowest BCUT2D eigenvalue weighted by atomic mass is 9.76. The van der Waals surface area contributed by atoms with E-state index in [0.717, 1.165) is 17.7 Å². The highest BCUT2D eigenvalue weighted by molar-refractivity contribution is 5.99. The maximum Gasteiger partial charge on any atom is 0.165 e. The fraction of sp³-hybridized carbons (Fsp3) is 0.312. The normalized spacial score (nSPS) is 17.3. The van der Waals surface area contributed by atoms with Crippen molar-refractivity contribution < 1.29 is 9.18 Å². The average Bonchev–Trinajstić information content (AvgIpc) is 2.72. The molecule has 1 aliphatic carbocycles. The Kier molecular flexibility index (Phi) is 2.59. The monoisotopic (exact) mass is 257 g/mol. The predicted molar refractivity (Wildman–Crippen MR) is 72.2 cm³/mol. The second-order valence-electron chi connectivity index (χ2n) is 5.94. The Balaban J connectivity index is 2.17. The minimum atomic E-state index is -0.267. The molecule has 1 aromatic heterocycles. The lowest BCUT2D eigenvalue weighted by Gasteiger charge is -2.29. The third-order valence-electron chi connectivity index (χ3n) is 3.69. The van der Waals surface area contributed by atoms with Crippen LogP contribution in [0.15, 0.2) is 36.5 Å². The zero-order valence-electron chi connectivity index (χ0n) is 11.1. The molecular weight excluding hydrogens is 241 g/mol. The number of hydrogen-bond donors (Lipinski definition) is 0. The standard InChI is InChI=1S/C16H16FNO/c1-16(2)9-14-11(15(19)10-16)7-8-18(14)13-6-4-3-5-12(13)17/h3-8H,9-10H2,1-2H3. The van der Waals surface area contributed by atoms with Crippen molar-refractivity contribution in [1.29, 1.82) is 0 Å². The molecule has 0 fully saturated rings. The van der Waals surface area contributed by atoms with Crippen LogP contribution in [0.1, 0.15) is 36.3 Å². The first-order valence-corrected chi connectivity index (χ1v) is 6.46. The lowest BCUT2D eigenvalue weighted by molar-refractivity contribution is 0.0911. The number of para-hydroxylation sites is 1. The van der Waals surface area contributed by atoms with Crippen LogP contribution in [0, 0.1) is 11.2 Å². The summed E-state index contributed by atoms with van der Waals surface area (Å²) < 4.78 is 15.7. The van der Waals surface area contributed by atoms with Gasteiger partial charge in [0.1, 0.15) is 5.82 Å². The summed E-state index contributed by atoms with van der Waals surface area (Å²) >= 11 is 0. The van der Waals surface area contributed by atoms with Crippen LogP contribution in [0.4, 0.5) is 4.39 Å². The molecule has 1 heterocycles. The largest absolute Gasteiger partial charge is 0.317 e. The van der Waals surface area contributed by atoms with Gasteiger partial charge in [0.2, 0.25) is 0 Å². The zero-order valence-corrected chi connectivity index (χ0v) is 11.1. The molecule has 0 saturated heterocycles.